The lowest BCUT2D eigenvalue weighted by Gasteiger charge is -1.94. The van der Waals surface area contributed by atoms with Gasteiger partial charge < -0.3 is 5.11 Å². The van der Waals surface area contributed by atoms with Gasteiger partial charge in [0.15, 0.2) is 17.5 Å². The third-order valence-corrected chi connectivity index (χ3v) is 0.842. The van der Waals surface area contributed by atoms with Crippen LogP contribution in [0.15, 0.2) is 12.1 Å². The van der Waals surface area contributed by atoms with Crippen LogP contribution in [0.2, 0.25) is 0 Å². The Kier molecular flexibility index (Phi) is 1.02. The molecule has 10 heavy (non-hydrogen) atoms. The van der Waals surface area contributed by atoms with Crippen molar-refractivity contribution in [3.63, 3.8) is 0 Å². The lowest BCUT2D eigenvalue weighted by molar-refractivity contribution is 0.419. The maximum atomic E-state index is 12.4. The minimum absolute atomic E-state index is 1.20. The van der Waals surface area contributed by atoms with Gasteiger partial charge in [0.2, 0.25) is 0 Å². The van der Waals surface area contributed by atoms with E-state index in [0.29, 0.717) is 0 Å². The molecule has 0 radical (unpaired) electrons. The van der Waals surface area contributed by atoms with Crippen LogP contribution in [0.25, 0.3) is 0 Å². The van der Waals surface area contributed by atoms with Gasteiger partial charge in [0.25, 0.3) is 0 Å². The molecule has 0 saturated carbocycles. The molecule has 1 N–H and O–H groups in total. The summed E-state index contributed by atoms with van der Waals surface area (Å²) in [4.78, 5) is 0. The van der Waals surface area contributed by atoms with Gasteiger partial charge in [-0.15, -0.1) is 0 Å². The van der Waals surface area contributed by atoms with Gasteiger partial charge in [0.05, 0.1) is 2.74 Å². The molecule has 0 aromatic heterocycles. The van der Waals surface area contributed by atoms with E-state index in [0.717, 1.165) is 0 Å². The number of aromatic hydroxyl groups is 1. The van der Waals surface area contributed by atoms with E-state index in [1.165, 1.54) is 0 Å². The quantitative estimate of drug-likeness (QED) is 0.559. The molecular formula is C6H3F3O. The van der Waals surface area contributed by atoms with Crippen molar-refractivity contribution in [2.45, 2.75) is 0 Å². The predicted molar refractivity (Wildman–Crippen MR) is 28.0 cm³/mol. The summed E-state index contributed by atoms with van der Waals surface area (Å²) in [5.74, 6) is -6.70. The van der Waals surface area contributed by atoms with Crippen LogP contribution in [0.3, 0.4) is 0 Å². The summed E-state index contributed by atoms with van der Waals surface area (Å²) in [7, 11) is 0. The normalized spacial score (nSPS) is 12.7. The summed E-state index contributed by atoms with van der Waals surface area (Å²) in [6.45, 7) is 0. The van der Waals surface area contributed by atoms with Crippen molar-refractivity contribution >= 4 is 0 Å². The second-order valence-corrected chi connectivity index (χ2v) is 1.54. The molecule has 0 amide bonds. The van der Waals surface area contributed by atoms with Crippen molar-refractivity contribution in [2.24, 2.45) is 0 Å². The second-order valence-electron chi connectivity index (χ2n) is 1.54. The Morgan fingerprint density at radius 2 is 1.60 bits per heavy atom. The Hall–Kier alpha value is -1.19. The average molecular weight is 150 g/mol. The van der Waals surface area contributed by atoms with Crippen molar-refractivity contribution in [3.8, 4) is 5.75 Å². The topological polar surface area (TPSA) is 20.2 Å². The van der Waals surface area contributed by atoms with Gasteiger partial charge in [-0.25, -0.2) is 13.2 Å². The molecule has 1 rings (SSSR count). The fourth-order valence-electron chi connectivity index (χ4n) is 0.445. The largest absolute Gasteiger partial charge is 0.508 e. The molecule has 54 valence electrons. The highest BCUT2D eigenvalue weighted by atomic mass is 19.2. The zero-order valence-corrected chi connectivity index (χ0v) is 4.58. The molecule has 1 nitrogen and oxygen atoms in total. The zero-order valence-electron chi connectivity index (χ0n) is 6.58. The SMILES string of the molecule is [2H]c1c(O)c([2H])c(F)c(F)c1F. The predicted octanol–water partition coefficient (Wildman–Crippen LogP) is 1.81. The molecule has 0 aliphatic carbocycles. The third-order valence-electron chi connectivity index (χ3n) is 0.842. The number of phenolic OH excluding ortho intramolecular Hbond substituents is 1. The first-order valence-corrected chi connectivity index (χ1v) is 2.29. The lowest BCUT2D eigenvalue weighted by Crippen LogP contribution is -1.88. The van der Waals surface area contributed by atoms with Gasteiger partial charge in [-0.05, 0) is 0 Å². The highest BCUT2D eigenvalue weighted by Gasteiger charge is 2.08. The van der Waals surface area contributed by atoms with E-state index in [4.69, 9.17) is 7.85 Å². The fraction of sp³-hybridized carbons (Fsp3) is 0. The van der Waals surface area contributed by atoms with Crippen LogP contribution in [-0.4, -0.2) is 5.11 Å². The average Bonchev–Trinajstić information content (AvgIpc) is 2.08. The molecule has 0 heterocycles. The number of halogens is 3. The van der Waals surface area contributed by atoms with Gasteiger partial charge in [-0.2, -0.15) is 0 Å². The molecule has 0 fully saturated rings. The van der Waals surface area contributed by atoms with E-state index < -0.39 is 35.3 Å². The van der Waals surface area contributed by atoms with Crippen LogP contribution in [0.4, 0.5) is 13.2 Å². The van der Waals surface area contributed by atoms with Crippen molar-refractivity contribution < 1.29 is 21.0 Å². The van der Waals surface area contributed by atoms with Gasteiger partial charge in [-0.1, -0.05) is 0 Å². The summed E-state index contributed by atoms with van der Waals surface area (Å²) in [6, 6.07) is -2.42. The highest BCUT2D eigenvalue weighted by molar-refractivity contribution is 5.23. The van der Waals surface area contributed by atoms with E-state index in [9.17, 15) is 13.2 Å². The van der Waals surface area contributed by atoms with Crippen LogP contribution < -0.4 is 0 Å². The first-order valence-electron chi connectivity index (χ1n) is 3.29. The van der Waals surface area contributed by atoms with Crippen LogP contribution in [0.1, 0.15) is 2.74 Å². The number of hydrogen-bond acceptors (Lipinski definition) is 1. The van der Waals surface area contributed by atoms with Gasteiger partial charge >= 0.3 is 0 Å². The Morgan fingerprint density at radius 3 is 2.00 bits per heavy atom. The summed E-state index contributed by atoms with van der Waals surface area (Å²) < 4.78 is 50.4. The molecule has 0 spiro atoms. The molecule has 0 saturated heterocycles. The lowest BCUT2D eigenvalue weighted by atomic mass is 10.3. The maximum Gasteiger partial charge on any atom is 0.194 e. The van der Waals surface area contributed by atoms with Gasteiger partial charge in [0, 0.05) is 12.1 Å². The van der Waals surface area contributed by atoms with Crippen LogP contribution in [0.5, 0.6) is 5.75 Å². The monoisotopic (exact) mass is 150 g/mol. The van der Waals surface area contributed by atoms with Crippen LogP contribution >= 0.6 is 0 Å². The molecule has 1 aromatic carbocycles. The second kappa shape index (κ2) is 2.21. The van der Waals surface area contributed by atoms with Gasteiger partial charge in [-0.3, -0.25) is 0 Å². The van der Waals surface area contributed by atoms with E-state index in [2.05, 4.69) is 0 Å². The first kappa shape index (κ1) is 4.60. The van der Waals surface area contributed by atoms with Crippen molar-refractivity contribution in [1.29, 1.82) is 0 Å². The molecule has 4 heteroatoms. The van der Waals surface area contributed by atoms with Crippen LogP contribution in [-0.2, 0) is 0 Å². The van der Waals surface area contributed by atoms with Crippen molar-refractivity contribution in [3.05, 3.63) is 29.5 Å². The minimum atomic E-state index is -1.91. The molecule has 0 atom stereocenters. The molecule has 1 aromatic rings. The molecular weight excluding hydrogens is 145 g/mol. The standard InChI is InChI=1S/C6H3F3O/c7-4-1-3(10)2-5(8)6(4)9/h1-2,10H/i1D,2D. The smallest absolute Gasteiger partial charge is 0.194 e. The molecule has 0 unspecified atom stereocenters. The molecule has 0 aliphatic heterocycles. The summed E-state index contributed by atoms with van der Waals surface area (Å²) in [6.07, 6.45) is 0. The van der Waals surface area contributed by atoms with E-state index in [1.54, 1.807) is 0 Å². The van der Waals surface area contributed by atoms with E-state index >= 15 is 0 Å². The number of phenols is 1. The zero-order chi connectivity index (χ0) is 9.46. The Labute approximate surface area is 57.5 Å². The Morgan fingerprint density at radius 1 is 1.20 bits per heavy atom. The van der Waals surface area contributed by atoms with Crippen molar-refractivity contribution in [1.82, 2.24) is 0 Å². The fourth-order valence-corrected chi connectivity index (χ4v) is 0.445. The van der Waals surface area contributed by atoms with Crippen LogP contribution in [0, 0.1) is 17.5 Å². The van der Waals surface area contributed by atoms with E-state index in [-0.39, 0.29) is 0 Å². The maximum absolute atomic E-state index is 12.4. The summed E-state index contributed by atoms with van der Waals surface area (Å²) >= 11 is 0. The summed E-state index contributed by atoms with van der Waals surface area (Å²) in [5.41, 5.74) is 0. The number of hydrogen-bond donors (Lipinski definition) is 1. The Balaban J connectivity index is 3.60. The van der Waals surface area contributed by atoms with E-state index in [1.807, 2.05) is 0 Å². The minimum Gasteiger partial charge on any atom is -0.508 e. The molecule has 0 bridgehead atoms. The number of rotatable bonds is 0. The first-order chi connectivity index (χ1) is 5.46. The van der Waals surface area contributed by atoms with Crippen molar-refractivity contribution in [2.75, 3.05) is 0 Å². The van der Waals surface area contributed by atoms with Gasteiger partial charge in [0.1, 0.15) is 5.75 Å². The number of benzene rings is 1. The summed E-state index contributed by atoms with van der Waals surface area (Å²) in [5, 5.41) is 8.67. The third kappa shape index (κ3) is 1.05. The molecule has 0 aliphatic rings. The Bertz CT molecular complexity index is 235. The highest BCUT2D eigenvalue weighted by Crippen LogP contribution is 2.17.